The number of hydrogen-bond acceptors (Lipinski definition) is 5. The molecule has 0 saturated heterocycles. The molecule has 3 rings (SSSR count). The average Bonchev–Trinajstić information content (AvgIpc) is 2.60. The SMILES string of the molecule is N#CCC(=O)NNC1Nc2ccccc2N=C1c1ccccc1. The van der Waals surface area contributed by atoms with Crippen molar-refractivity contribution in [2.45, 2.75) is 12.6 Å². The fourth-order valence-corrected chi connectivity index (χ4v) is 2.32. The van der Waals surface area contributed by atoms with E-state index in [9.17, 15) is 4.79 Å². The van der Waals surface area contributed by atoms with Gasteiger partial charge in [-0.3, -0.25) is 10.2 Å². The molecule has 1 heterocycles. The summed E-state index contributed by atoms with van der Waals surface area (Å²) in [6.45, 7) is 0. The number of fused-ring (bicyclic) bond motifs is 1. The minimum atomic E-state index is -0.394. The van der Waals surface area contributed by atoms with Crippen molar-refractivity contribution in [3.63, 3.8) is 0 Å². The van der Waals surface area contributed by atoms with Crippen LogP contribution in [0.1, 0.15) is 12.0 Å². The maximum atomic E-state index is 11.5. The molecule has 114 valence electrons. The van der Waals surface area contributed by atoms with E-state index in [0.29, 0.717) is 0 Å². The number of anilines is 1. The molecule has 2 aromatic carbocycles. The summed E-state index contributed by atoms with van der Waals surface area (Å²) in [4.78, 5) is 16.2. The fourth-order valence-electron chi connectivity index (χ4n) is 2.32. The molecule has 1 atom stereocenters. The van der Waals surface area contributed by atoms with Gasteiger partial charge >= 0.3 is 0 Å². The highest BCUT2D eigenvalue weighted by molar-refractivity contribution is 6.09. The summed E-state index contributed by atoms with van der Waals surface area (Å²) in [5, 5.41) is 11.9. The van der Waals surface area contributed by atoms with Gasteiger partial charge in [-0.05, 0) is 17.7 Å². The molecule has 0 aliphatic carbocycles. The molecule has 2 aromatic rings. The number of aliphatic imine (C=N–C) groups is 1. The van der Waals surface area contributed by atoms with E-state index in [1.165, 1.54) is 0 Å². The summed E-state index contributed by atoms with van der Waals surface area (Å²) in [6, 6.07) is 19.2. The normalized spacial score (nSPS) is 15.6. The first kappa shape index (κ1) is 14.8. The van der Waals surface area contributed by atoms with Crippen molar-refractivity contribution < 1.29 is 4.79 Å². The third-order valence-electron chi connectivity index (χ3n) is 3.38. The molecule has 1 amide bonds. The van der Waals surface area contributed by atoms with Gasteiger partial charge in [-0.2, -0.15) is 5.26 Å². The number of hydrogen-bond donors (Lipinski definition) is 3. The third-order valence-corrected chi connectivity index (χ3v) is 3.38. The molecule has 23 heavy (non-hydrogen) atoms. The van der Waals surface area contributed by atoms with Gasteiger partial charge in [-0.1, -0.05) is 42.5 Å². The zero-order valence-corrected chi connectivity index (χ0v) is 12.3. The molecule has 0 spiro atoms. The van der Waals surface area contributed by atoms with Gasteiger partial charge in [-0.15, -0.1) is 0 Å². The predicted molar refractivity (Wildman–Crippen MR) is 88.0 cm³/mol. The Morgan fingerprint density at radius 3 is 2.70 bits per heavy atom. The van der Waals surface area contributed by atoms with E-state index in [0.717, 1.165) is 22.6 Å². The highest BCUT2D eigenvalue weighted by Gasteiger charge is 2.23. The summed E-state index contributed by atoms with van der Waals surface area (Å²) in [7, 11) is 0. The molecule has 1 aliphatic rings. The maximum absolute atomic E-state index is 11.5. The Kier molecular flexibility index (Phi) is 4.32. The number of nitriles is 1. The van der Waals surface area contributed by atoms with Crippen LogP contribution in [0.3, 0.4) is 0 Å². The molecule has 0 aromatic heterocycles. The van der Waals surface area contributed by atoms with E-state index in [2.05, 4.69) is 16.2 Å². The second kappa shape index (κ2) is 6.73. The smallest absolute Gasteiger partial charge is 0.248 e. The highest BCUT2D eigenvalue weighted by Crippen LogP contribution is 2.30. The Bertz CT molecular complexity index is 779. The molecular formula is C17H15N5O. The Labute approximate surface area is 133 Å². The van der Waals surface area contributed by atoms with Crippen LogP contribution in [0, 0.1) is 11.3 Å². The van der Waals surface area contributed by atoms with Crippen LogP contribution in [-0.4, -0.2) is 17.8 Å². The van der Waals surface area contributed by atoms with Crippen molar-refractivity contribution in [3.8, 4) is 6.07 Å². The van der Waals surface area contributed by atoms with E-state index in [4.69, 9.17) is 10.3 Å². The second-order valence-electron chi connectivity index (χ2n) is 4.98. The van der Waals surface area contributed by atoms with Crippen LogP contribution in [0.2, 0.25) is 0 Å². The van der Waals surface area contributed by atoms with Crippen molar-refractivity contribution in [2.75, 3.05) is 5.32 Å². The average molecular weight is 305 g/mol. The topological polar surface area (TPSA) is 89.3 Å². The van der Waals surface area contributed by atoms with E-state index >= 15 is 0 Å². The number of rotatable bonds is 4. The Morgan fingerprint density at radius 1 is 1.17 bits per heavy atom. The van der Waals surface area contributed by atoms with E-state index < -0.39 is 6.17 Å². The van der Waals surface area contributed by atoms with Crippen LogP contribution in [0.25, 0.3) is 0 Å². The standard InChI is InChI=1S/C17H15N5O/c18-11-10-15(23)21-22-17-16(12-6-2-1-3-7-12)19-13-8-4-5-9-14(13)20-17/h1-9,17,20,22H,10H2,(H,21,23). The number of carbonyl (C=O) groups is 1. The molecule has 1 unspecified atom stereocenters. The summed E-state index contributed by atoms with van der Waals surface area (Å²) < 4.78 is 0. The first-order valence-electron chi connectivity index (χ1n) is 7.19. The molecule has 0 radical (unpaired) electrons. The number of nitrogens with zero attached hydrogens (tertiary/aromatic N) is 2. The Balaban J connectivity index is 1.89. The van der Waals surface area contributed by atoms with Gasteiger partial charge in [0, 0.05) is 0 Å². The zero-order chi connectivity index (χ0) is 16.1. The first-order valence-corrected chi connectivity index (χ1v) is 7.19. The number of para-hydroxylation sites is 2. The Hall–Kier alpha value is -3.17. The summed E-state index contributed by atoms with van der Waals surface area (Å²) in [6.07, 6.45) is -0.594. The van der Waals surface area contributed by atoms with Gasteiger partial charge in [0.2, 0.25) is 5.91 Å². The number of amides is 1. The van der Waals surface area contributed by atoms with Crippen molar-refractivity contribution in [2.24, 2.45) is 4.99 Å². The molecule has 0 saturated carbocycles. The van der Waals surface area contributed by atoms with Gasteiger partial charge in [0.1, 0.15) is 12.6 Å². The van der Waals surface area contributed by atoms with Crippen molar-refractivity contribution in [1.82, 2.24) is 10.9 Å². The van der Waals surface area contributed by atoms with Gasteiger partial charge in [0.15, 0.2) is 0 Å². The predicted octanol–water partition coefficient (Wildman–Crippen LogP) is 2.09. The van der Waals surface area contributed by atoms with Crippen molar-refractivity contribution in [3.05, 3.63) is 60.2 Å². The number of nitrogens with one attached hydrogen (secondary N) is 3. The number of benzene rings is 2. The van der Waals surface area contributed by atoms with Crippen LogP contribution < -0.4 is 16.2 Å². The molecule has 0 bridgehead atoms. The lowest BCUT2D eigenvalue weighted by Gasteiger charge is -2.28. The first-order chi connectivity index (χ1) is 11.3. The van der Waals surface area contributed by atoms with Crippen LogP contribution in [0.4, 0.5) is 11.4 Å². The van der Waals surface area contributed by atoms with E-state index in [-0.39, 0.29) is 12.3 Å². The van der Waals surface area contributed by atoms with Crippen LogP contribution in [0.15, 0.2) is 59.6 Å². The monoisotopic (exact) mass is 305 g/mol. The minimum Gasteiger partial charge on any atom is -0.362 e. The summed E-state index contributed by atoms with van der Waals surface area (Å²) in [5.74, 6) is -0.388. The van der Waals surface area contributed by atoms with Crippen LogP contribution in [0.5, 0.6) is 0 Å². The van der Waals surface area contributed by atoms with Crippen molar-refractivity contribution in [1.29, 1.82) is 5.26 Å². The van der Waals surface area contributed by atoms with Gasteiger partial charge in [-0.25, -0.2) is 10.4 Å². The highest BCUT2D eigenvalue weighted by atomic mass is 16.2. The Morgan fingerprint density at radius 2 is 1.91 bits per heavy atom. The zero-order valence-electron chi connectivity index (χ0n) is 12.3. The van der Waals surface area contributed by atoms with Gasteiger partial charge < -0.3 is 5.32 Å². The molecular weight excluding hydrogens is 290 g/mol. The molecule has 3 N–H and O–H groups in total. The lowest BCUT2D eigenvalue weighted by molar-refractivity contribution is -0.121. The molecule has 1 aliphatic heterocycles. The maximum Gasteiger partial charge on any atom is 0.248 e. The lowest BCUT2D eigenvalue weighted by atomic mass is 10.1. The van der Waals surface area contributed by atoms with Gasteiger partial charge in [0.05, 0.1) is 23.2 Å². The van der Waals surface area contributed by atoms with Crippen molar-refractivity contribution >= 4 is 23.0 Å². The summed E-state index contributed by atoms with van der Waals surface area (Å²) >= 11 is 0. The third kappa shape index (κ3) is 3.36. The molecule has 6 nitrogen and oxygen atoms in total. The number of hydrazine groups is 1. The van der Waals surface area contributed by atoms with Crippen LogP contribution in [-0.2, 0) is 4.79 Å². The summed E-state index contributed by atoms with van der Waals surface area (Å²) in [5.41, 5.74) is 8.86. The number of carbonyl (C=O) groups excluding carboxylic acids is 1. The molecule has 6 heteroatoms. The van der Waals surface area contributed by atoms with E-state index in [1.807, 2.05) is 60.7 Å². The fraction of sp³-hybridized carbons (Fsp3) is 0.118. The second-order valence-corrected chi connectivity index (χ2v) is 4.98. The van der Waals surface area contributed by atoms with Crippen LogP contribution >= 0.6 is 0 Å². The largest absolute Gasteiger partial charge is 0.362 e. The minimum absolute atomic E-state index is 0.200. The van der Waals surface area contributed by atoms with E-state index in [1.54, 1.807) is 0 Å². The van der Waals surface area contributed by atoms with Gasteiger partial charge in [0.25, 0.3) is 0 Å². The molecule has 0 fully saturated rings. The lowest BCUT2D eigenvalue weighted by Crippen LogP contribution is -2.53. The quantitative estimate of drug-likeness (QED) is 0.755.